The van der Waals surface area contributed by atoms with E-state index < -0.39 is 10.0 Å². The molecule has 1 atom stereocenters. The van der Waals surface area contributed by atoms with Crippen LogP contribution in [0.5, 0.6) is 0 Å². The van der Waals surface area contributed by atoms with Crippen LogP contribution in [0.15, 0.2) is 24.3 Å². The molecule has 1 heterocycles. The topological polar surface area (TPSA) is 110 Å². The maximum atomic E-state index is 12.4. The van der Waals surface area contributed by atoms with Gasteiger partial charge in [0.25, 0.3) is 11.8 Å². The molecule has 2 aliphatic rings. The van der Waals surface area contributed by atoms with E-state index in [1.807, 2.05) is 0 Å². The van der Waals surface area contributed by atoms with Crippen LogP contribution < -0.4 is 10.5 Å². The highest BCUT2D eigenvalue weighted by molar-refractivity contribution is 7.89. The number of hydrogen-bond acceptors (Lipinski definition) is 5. The third-order valence-electron chi connectivity index (χ3n) is 5.23. The van der Waals surface area contributed by atoms with Crippen LogP contribution in [0, 0.1) is 5.92 Å². The van der Waals surface area contributed by atoms with E-state index >= 15 is 0 Å². The molecule has 0 bridgehead atoms. The Morgan fingerprint density at radius 1 is 1.12 bits per heavy atom. The second-order valence-corrected chi connectivity index (χ2v) is 8.86. The molecule has 142 valence electrons. The van der Waals surface area contributed by atoms with Crippen LogP contribution in [0.4, 0.5) is 0 Å². The van der Waals surface area contributed by atoms with Gasteiger partial charge in [-0.05, 0) is 37.3 Å². The van der Waals surface area contributed by atoms with Crippen molar-refractivity contribution in [3.8, 4) is 0 Å². The van der Waals surface area contributed by atoms with Crippen LogP contribution in [0.2, 0.25) is 0 Å². The molecule has 1 aliphatic carbocycles. The summed E-state index contributed by atoms with van der Waals surface area (Å²) < 4.78 is 27.4. The molecule has 1 unspecified atom stereocenters. The van der Waals surface area contributed by atoms with E-state index in [0.29, 0.717) is 17.0 Å². The highest BCUT2D eigenvalue weighted by Gasteiger charge is 2.35. The molecule has 8 heteroatoms. The summed E-state index contributed by atoms with van der Waals surface area (Å²) in [5.41, 5.74) is 6.50. The predicted octanol–water partition coefficient (Wildman–Crippen LogP) is 1.11. The number of sulfonamides is 1. The maximum absolute atomic E-state index is 12.4. The van der Waals surface area contributed by atoms with Crippen LogP contribution in [0.1, 0.15) is 52.8 Å². The fourth-order valence-electron chi connectivity index (χ4n) is 3.84. The Balaban J connectivity index is 1.54. The smallest absolute Gasteiger partial charge is 0.261 e. The molecule has 1 aromatic carbocycles. The summed E-state index contributed by atoms with van der Waals surface area (Å²) in [4.78, 5) is 25.7. The fourth-order valence-corrected chi connectivity index (χ4v) is 5.22. The van der Waals surface area contributed by atoms with Gasteiger partial charge in [-0.2, -0.15) is 0 Å². The molecular formula is C18H25N3O4S. The first kappa shape index (κ1) is 19.0. The van der Waals surface area contributed by atoms with Gasteiger partial charge in [-0.25, -0.2) is 13.1 Å². The molecule has 1 aromatic rings. The lowest BCUT2D eigenvalue weighted by atomic mass is 9.99. The lowest BCUT2D eigenvalue weighted by Crippen LogP contribution is -2.45. The molecule has 0 spiro atoms. The summed E-state index contributed by atoms with van der Waals surface area (Å²) >= 11 is 0. The number of fused-ring (bicyclic) bond motifs is 1. The van der Waals surface area contributed by atoms with E-state index in [2.05, 4.69) is 4.72 Å². The number of hydrogen-bond donors (Lipinski definition) is 2. The number of rotatable bonds is 8. The average molecular weight is 379 g/mol. The largest absolute Gasteiger partial charge is 0.329 e. The van der Waals surface area contributed by atoms with E-state index in [9.17, 15) is 18.0 Å². The van der Waals surface area contributed by atoms with Crippen LogP contribution in [0.25, 0.3) is 0 Å². The normalized spacial score (nSPS) is 19.2. The van der Waals surface area contributed by atoms with Crippen molar-refractivity contribution >= 4 is 21.8 Å². The standard InChI is InChI=1S/C18H25N3O4S/c19-12-16(13-6-1-2-7-13)20-26(24,25)11-5-10-21-17(22)14-8-3-4-9-15(14)18(21)23/h3-4,8-9,13,16,20H,1-2,5-7,10-12,19H2. The Labute approximate surface area is 154 Å². The quantitative estimate of drug-likeness (QED) is 0.658. The molecule has 7 nitrogen and oxygen atoms in total. The van der Waals surface area contributed by atoms with Gasteiger partial charge in [0.2, 0.25) is 10.0 Å². The minimum atomic E-state index is -3.50. The van der Waals surface area contributed by atoms with E-state index in [-0.39, 0.29) is 43.1 Å². The lowest BCUT2D eigenvalue weighted by Gasteiger charge is -2.23. The van der Waals surface area contributed by atoms with Crippen molar-refractivity contribution < 1.29 is 18.0 Å². The first-order chi connectivity index (χ1) is 12.4. The maximum Gasteiger partial charge on any atom is 0.261 e. The average Bonchev–Trinajstić information content (AvgIpc) is 3.23. The predicted molar refractivity (Wildman–Crippen MR) is 98.1 cm³/mol. The minimum absolute atomic E-state index is 0.0873. The number of nitrogens with two attached hydrogens (primary N) is 1. The molecule has 2 amide bonds. The summed E-state index contributed by atoms with van der Waals surface area (Å²) in [6.07, 6.45) is 4.42. The van der Waals surface area contributed by atoms with E-state index in [1.54, 1.807) is 24.3 Å². The zero-order chi connectivity index (χ0) is 18.7. The third kappa shape index (κ3) is 3.97. The van der Waals surface area contributed by atoms with Crippen LogP contribution >= 0.6 is 0 Å². The summed E-state index contributed by atoms with van der Waals surface area (Å²) in [6, 6.07) is 6.40. The monoisotopic (exact) mass is 379 g/mol. The number of carbonyl (C=O) groups is 2. The van der Waals surface area contributed by atoms with E-state index in [4.69, 9.17) is 5.73 Å². The minimum Gasteiger partial charge on any atom is -0.329 e. The van der Waals surface area contributed by atoms with Crippen LogP contribution in [0.3, 0.4) is 0 Å². The molecule has 0 radical (unpaired) electrons. The molecule has 3 N–H and O–H groups in total. The highest BCUT2D eigenvalue weighted by Crippen LogP contribution is 2.28. The van der Waals surface area contributed by atoms with Crippen molar-refractivity contribution in [3.05, 3.63) is 35.4 Å². The van der Waals surface area contributed by atoms with Crippen LogP contribution in [-0.4, -0.2) is 50.0 Å². The van der Waals surface area contributed by atoms with Gasteiger partial charge in [-0.15, -0.1) is 0 Å². The number of nitrogens with one attached hydrogen (secondary N) is 1. The van der Waals surface area contributed by atoms with Gasteiger partial charge in [0.15, 0.2) is 0 Å². The molecule has 0 aromatic heterocycles. The van der Waals surface area contributed by atoms with Crippen molar-refractivity contribution in [2.45, 2.75) is 38.1 Å². The van der Waals surface area contributed by atoms with Crippen molar-refractivity contribution in [1.29, 1.82) is 0 Å². The number of nitrogens with zero attached hydrogens (tertiary/aromatic N) is 1. The first-order valence-electron chi connectivity index (χ1n) is 9.08. The van der Waals surface area contributed by atoms with Crippen molar-refractivity contribution in [3.63, 3.8) is 0 Å². The molecule has 1 aliphatic heterocycles. The summed E-state index contributed by atoms with van der Waals surface area (Å²) in [5, 5.41) is 0. The number of imide groups is 1. The Kier molecular flexibility index (Phi) is 5.74. The van der Waals surface area contributed by atoms with Crippen molar-refractivity contribution in [1.82, 2.24) is 9.62 Å². The number of carbonyl (C=O) groups excluding carboxylic acids is 2. The highest BCUT2D eigenvalue weighted by atomic mass is 32.2. The van der Waals surface area contributed by atoms with Crippen molar-refractivity contribution in [2.24, 2.45) is 11.7 Å². The van der Waals surface area contributed by atoms with Crippen molar-refractivity contribution in [2.75, 3.05) is 18.8 Å². The fraction of sp³-hybridized carbons (Fsp3) is 0.556. The zero-order valence-electron chi connectivity index (χ0n) is 14.7. The van der Waals surface area contributed by atoms with Gasteiger partial charge in [0.05, 0.1) is 16.9 Å². The second-order valence-electron chi connectivity index (χ2n) is 6.98. The third-order valence-corrected chi connectivity index (χ3v) is 6.71. The van der Waals surface area contributed by atoms with Gasteiger partial charge in [0, 0.05) is 19.1 Å². The first-order valence-corrected chi connectivity index (χ1v) is 10.7. The Morgan fingerprint density at radius 2 is 1.69 bits per heavy atom. The molecule has 3 rings (SSSR count). The molecule has 1 fully saturated rings. The van der Waals surface area contributed by atoms with Gasteiger partial charge in [0.1, 0.15) is 0 Å². The zero-order valence-corrected chi connectivity index (χ0v) is 15.5. The summed E-state index contributed by atoms with van der Waals surface area (Å²) in [5.74, 6) is -0.557. The summed E-state index contributed by atoms with van der Waals surface area (Å²) in [7, 11) is -3.50. The van der Waals surface area contributed by atoms with Crippen LogP contribution in [-0.2, 0) is 10.0 Å². The lowest BCUT2D eigenvalue weighted by molar-refractivity contribution is 0.0654. The van der Waals surface area contributed by atoms with Gasteiger partial charge < -0.3 is 5.73 Å². The Hall–Kier alpha value is -1.77. The number of benzene rings is 1. The van der Waals surface area contributed by atoms with Gasteiger partial charge in [-0.3, -0.25) is 14.5 Å². The van der Waals surface area contributed by atoms with E-state index in [1.165, 1.54) is 0 Å². The second kappa shape index (κ2) is 7.85. The van der Waals surface area contributed by atoms with Gasteiger partial charge in [-0.1, -0.05) is 25.0 Å². The van der Waals surface area contributed by atoms with E-state index in [0.717, 1.165) is 30.6 Å². The molecule has 26 heavy (non-hydrogen) atoms. The number of amides is 2. The van der Waals surface area contributed by atoms with Gasteiger partial charge >= 0.3 is 0 Å². The Bertz CT molecular complexity index is 752. The molecular weight excluding hydrogens is 354 g/mol. The Morgan fingerprint density at radius 3 is 2.23 bits per heavy atom. The molecule has 1 saturated carbocycles. The SMILES string of the molecule is NCC(NS(=O)(=O)CCCN1C(=O)c2ccccc2C1=O)C1CCCC1. The molecule has 0 saturated heterocycles. The summed E-state index contributed by atoms with van der Waals surface area (Å²) in [6.45, 7) is 0.367.